The second-order valence-corrected chi connectivity index (χ2v) is 5.26. The summed E-state index contributed by atoms with van der Waals surface area (Å²) in [5.41, 5.74) is 2.36. The van der Waals surface area contributed by atoms with Crippen LogP contribution in [0.1, 0.15) is 12.5 Å². The number of nitrogens with zero attached hydrogens (tertiary/aromatic N) is 3. The molecule has 0 unspecified atom stereocenters. The van der Waals surface area contributed by atoms with Gasteiger partial charge in [0.25, 0.3) is 0 Å². The third-order valence-electron chi connectivity index (χ3n) is 2.81. The van der Waals surface area contributed by atoms with E-state index in [4.69, 9.17) is 10.00 Å². The molecule has 2 heterocycles. The maximum atomic E-state index is 8.76. The van der Waals surface area contributed by atoms with Gasteiger partial charge in [-0.2, -0.15) is 5.26 Å². The smallest absolute Gasteiger partial charge is 0.172 e. The molecule has 2 aromatic heterocycles. The summed E-state index contributed by atoms with van der Waals surface area (Å²) < 4.78 is 5.47. The standard InChI is InChI=1S/C15H12N4OS/c1-2-20-11-4-5-12-13(7-11)19-15(18-12)21-14-6-3-10(8-16)9-17-14/h3-7,9H,2H2,1H3,(H,18,19). The summed E-state index contributed by atoms with van der Waals surface area (Å²) >= 11 is 1.42. The second-order valence-electron chi connectivity index (χ2n) is 4.25. The Balaban J connectivity index is 1.85. The molecule has 1 aromatic carbocycles. The van der Waals surface area contributed by atoms with Crippen molar-refractivity contribution in [1.29, 1.82) is 5.26 Å². The van der Waals surface area contributed by atoms with Crippen molar-refractivity contribution in [3.05, 3.63) is 42.1 Å². The summed E-state index contributed by atoms with van der Waals surface area (Å²) in [5.74, 6) is 0.821. The molecule has 21 heavy (non-hydrogen) atoms. The van der Waals surface area contributed by atoms with Crippen molar-refractivity contribution < 1.29 is 4.74 Å². The van der Waals surface area contributed by atoms with Crippen LogP contribution in [0.15, 0.2) is 46.7 Å². The number of fused-ring (bicyclic) bond motifs is 1. The van der Waals surface area contributed by atoms with Crippen LogP contribution in [0.5, 0.6) is 5.75 Å². The lowest BCUT2D eigenvalue weighted by Crippen LogP contribution is -1.90. The summed E-state index contributed by atoms with van der Waals surface area (Å²) in [6.07, 6.45) is 1.55. The molecule has 6 heteroatoms. The Labute approximate surface area is 126 Å². The van der Waals surface area contributed by atoms with E-state index in [-0.39, 0.29) is 0 Å². The van der Waals surface area contributed by atoms with Gasteiger partial charge < -0.3 is 9.72 Å². The second kappa shape index (κ2) is 5.85. The summed E-state index contributed by atoms with van der Waals surface area (Å²) in [6.45, 7) is 2.59. The van der Waals surface area contributed by atoms with E-state index in [9.17, 15) is 0 Å². The first kappa shape index (κ1) is 13.5. The number of nitrogens with one attached hydrogen (secondary N) is 1. The van der Waals surface area contributed by atoms with Gasteiger partial charge in [0.2, 0.25) is 0 Å². The number of aromatic nitrogens is 3. The summed E-state index contributed by atoms with van der Waals surface area (Å²) in [6, 6.07) is 11.4. The quantitative estimate of drug-likeness (QED) is 0.799. The van der Waals surface area contributed by atoms with Gasteiger partial charge in [-0.05, 0) is 43.0 Å². The van der Waals surface area contributed by atoms with E-state index in [1.807, 2.05) is 37.3 Å². The van der Waals surface area contributed by atoms with Crippen LogP contribution in [-0.2, 0) is 0 Å². The zero-order chi connectivity index (χ0) is 14.7. The van der Waals surface area contributed by atoms with Crippen LogP contribution < -0.4 is 4.74 Å². The largest absolute Gasteiger partial charge is 0.494 e. The van der Waals surface area contributed by atoms with Gasteiger partial charge >= 0.3 is 0 Å². The van der Waals surface area contributed by atoms with Crippen LogP contribution in [0.25, 0.3) is 11.0 Å². The molecule has 3 aromatic rings. The average molecular weight is 296 g/mol. The summed E-state index contributed by atoms with van der Waals surface area (Å²) in [4.78, 5) is 12.0. The topological polar surface area (TPSA) is 74.6 Å². The van der Waals surface area contributed by atoms with Crippen molar-refractivity contribution in [2.24, 2.45) is 0 Å². The molecule has 0 amide bonds. The molecule has 0 atom stereocenters. The predicted octanol–water partition coefficient (Wildman–Crippen LogP) is 3.38. The number of rotatable bonds is 4. The Kier molecular flexibility index (Phi) is 3.75. The fourth-order valence-electron chi connectivity index (χ4n) is 1.88. The zero-order valence-corrected chi connectivity index (χ0v) is 12.1. The fourth-order valence-corrected chi connectivity index (χ4v) is 2.62. The van der Waals surface area contributed by atoms with E-state index in [0.717, 1.165) is 27.0 Å². The molecular formula is C15H12N4OS. The summed E-state index contributed by atoms with van der Waals surface area (Å²) in [5, 5.41) is 10.3. The minimum absolute atomic E-state index is 0.547. The zero-order valence-electron chi connectivity index (χ0n) is 11.3. The number of hydrogen-bond donors (Lipinski definition) is 1. The number of H-pyrrole nitrogens is 1. The number of pyridine rings is 1. The minimum atomic E-state index is 0.547. The lowest BCUT2D eigenvalue weighted by molar-refractivity contribution is 0.340. The molecule has 1 N–H and O–H groups in total. The monoisotopic (exact) mass is 296 g/mol. The molecule has 5 nitrogen and oxygen atoms in total. The third kappa shape index (κ3) is 2.98. The van der Waals surface area contributed by atoms with E-state index in [1.54, 1.807) is 12.3 Å². The first-order chi connectivity index (χ1) is 10.3. The molecule has 0 bridgehead atoms. The van der Waals surface area contributed by atoms with Crippen molar-refractivity contribution in [3.63, 3.8) is 0 Å². The molecule has 104 valence electrons. The van der Waals surface area contributed by atoms with Crippen LogP contribution in [0.2, 0.25) is 0 Å². The van der Waals surface area contributed by atoms with Gasteiger partial charge in [0.1, 0.15) is 16.8 Å². The van der Waals surface area contributed by atoms with E-state index in [2.05, 4.69) is 15.0 Å². The van der Waals surface area contributed by atoms with Crippen LogP contribution in [-0.4, -0.2) is 21.6 Å². The number of aromatic amines is 1. The summed E-state index contributed by atoms with van der Waals surface area (Å²) in [7, 11) is 0. The lowest BCUT2D eigenvalue weighted by Gasteiger charge is -2.00. The highest BCUT2D eigenvalue weighted by Crippen LogP contribution is 2.27. The van der Waals surface area contributed by atoms with Crippen molar-refractivity contribution in [2.75, 3.05) is 6.61 Å². The predicted molar refractivity (Wildman–Crippen MR) is 80.3 cm³/mol. The first-order valence-electron chi connectivity index (χ1n) is 6.45. The van der Waals surface area contributed by atoms with Crippen molar-refractivity contribution in [1.82, 2.24) is 15.0 Å². The van der Waals surface area contributed by atoms with Crippen molar-refractivity contribution in [2.45, 2.75) is 17.1 Å². The Hall–Kier alpha value is -2.52. The average Bonchev–Trinajstić information content (AvgIpc) is 2.90. The lowest BCUT2D eigenvalue weighted by atomic mass is 10.3. The number of imidazole rings is 1. The first-order valence-corrected chi connectivity index (χ1v) is 7.26. The highest BCUT2D eigenvalue weighted by atomic mass is 32.2. The van der Waals surface area contributed by atoms with E-state index in [1.165, 1.54) is 11.8 Å². The number of hydrogen-bond acceptors (Lipinski definition) is 5. The van der Waals surface area contributed by atoms with Gasteiger partial charge in [0, 0.05) is 12.3 Å². The van der Waals surface area contributed by atoms with Crippen LogP contribution in [0.3, 0.4) is 0 Å². The highest BCUT2D eigenvalue weighted by molar-refractivity contribution is 7.99. The fraction of sp³-hybridized carbons (Fsp3) is 0.133. The molecule has 0 spiro atoms. The van der Waals surface area contributed by atoms with Crippen LogP contribution in [0, 0.1) is 11.3 Å². The molecule has 0 saturated carbocycles. The molecule has 0 aliphatic heterocycles. The number of benzene rings is 1. The van der Waals surface area contributed by atoms with E-state index < -0.39 is 0 Å². The number of ether oxygens (including phenoxy) is 1. The Morgan fingerprint density at radius 1 is 1.33 bits per heavy atom. The Morgan fingerprint density at radius 3 is 2.95 bits per heavy atom. The normalized spacial score (nSPS) is 10.5. The van der Waals surface area contributed by atoms with Gasteiger partial charge in [0.15, 0.2) is 5.16 Å². The van der Waals surface area contributed by atoms with Crippen LogP contribution in [0.4, 0.5) is 0 Å². The Morgan fingerprint density at radius 2 is 2.24 bits per heavy atom. The van der Waals surface area contributed by atoms with E-state index >= 15 is 0 Å². The maximum Gasteiger partial charge on any atom is 0.172 e. The minimum Gasteiger partial charge on any atom is -0.494 e. The molecule has 0 aliphatic rings. The SMILES string of the molecule is CCOc1ccc2nc(Sc3ccc(C#N)cn3)[nH]c2c1. The third-order valence-corrected chi connectivity index (χ3v) is 3.65. The Bertz CT molecular complexity index is 805. The van der Waals surface area contributed by atoms with Gasteiger partial charge in [-0.3, -0.25) is 0 Å². The van der Waals surface area contributed by atoms with E-state index in [0.29, 0.717) is 12.2 Å². The molecule has 3 rings (SSSR count). The maximum absolute atomic E-state index is 8.76. The molecule has 0 fully saturated rings. The highest BCUT2D eigenvalue weighted by Gasteiger charge is 2.07. The van der Waals surface area contributed by atoms with Gasteiger partial charge in [-0.1, -0.05) is 0 Å². The molecule has 0 saturated heterocycles. The van der Waals surface area contributed by atoms with Gasteiger partial charge in [-0.15, -0.1) is 0 Å². The molecule has 0 radical (unpaired) electrons. The van der Waals surface area contributed by atoms with Crippen molar-refractivity contribution in [3.8, 4) is 11.8 Å². The molecule has 0 aliphatic carbocycles. The van der Waals surface area contributed by atoms with Gasteiger partial charge in [0.05, 0.1) is 23.2 Å². The van der Waals surface area contributed by atoms with Crippen LogP contribution >= 0.6 is 11.8 Å². The van der Waals surface area contributed by atoms with Crippen molar-refractivity contribution >= 4 is 22.8 Å². The van der Waals surface area contributed by atoms with Gasteiger partial charge in [-0.25, -0.2) is 9.97 Å². The number of nitriles is 1. The molecular weight excluding hydrogens is 284 g/mol.